The van der Waals surface area contributed by atoms with E-state index in [2.05, 4.69) is 10.1 Å². The largest absolute Gasteiger partial charge is 0.462 e. The van der Waals surface area contributed by atoms with Crippen LogP contribution in [0.3, 0.4) is 0 Å². The molecule has 3 rings (SSSR count). The van der Waals surface area contributed by atoms with Crippen LogP contribution >= 0.6 is 0 Å². The molecule has 34 heavy (non-hydrogen) atoms. The van der Waals surface area contributed by atoms with Gasteiger partial charge in [-0.25, -0.2) is 4.39 Å². The van der Waals surface area contributed by atoms with Crippen LogP contribution < -0.4 is 10.1 Å². The van der Waals surface area contributed by atoms with Crippen LogP contribution in [0.5, 0.6) is 5.75 Å². The van der Waals surface area contributed by atoms with Crippen LogP contribution in [0.1, 0.15) is 26.3 Å². The van der Waals surface area contributed by atoms with Crippen molar-refractivity contribution in [1.29, 1.82) is 0 Å². The van der Waals surface area contributed by atoms with Gasteiger partial charge in [-0.1, -0.05) is 18.2 Å². The lowest BCUT2D eigenvalue weighted by atomic mass is 9.89. The van der Waals surface area contributed by atoms with Gasteiger partial charge in [0.25, 0.3) is 0 Å². The summed E-state index contributed by atoms with van der Waals surface area (Å²) in [7, 11) is 0. The maximum absolute atomic E-state index is 13.9. The number of rotatable bonds is 8. The zero-order valence-corrected chi connectivity index (χ0v) is 19.0. The minimum Gasteiger partial charge on any atom is -0.462 e. The molecule has 3 N–H and O–H groups in total. The SMILES string of the molecule is CC(=O)NCCc1ccc(O[C@@H]2OC(C)(C)[C@H](OC(F)F)[C@@H](O)[C@H]2O)cc1-c1cccc(F)c1. The first-order valence-electron chi connectivity index (χ1n) is 10.8. The van der Waals surface area contributed by atoms with Crippen LogP contribution in [0.25, 0.3) is 11.1 Å². The van der Waals surface area contributed by atoms with Crippen molar-refractivity contribution in [2.24, 2.45) is 0 Å². The van der Waals surface area contributed by atoms with Gasteiger partial charge in [0, 0.05) is 13.5 Å². The molecule has 7 nitrogen and oxygen atoms in total. The Labute approximate surface area is 195 Å². The molecule has 0 aromatic heterocycles. The molecule has 1 aliphatic heterocycles. The maximum atomic E-state index is 13.9. The van der Waals surface area contributed by atoms with Crippen LogP contribution in [0.4, 0.5) is 13.2 Å². The second-order valence-electron chi connectivity index (χ2n) is 8.57. The van der Waals surface area contributed by atoms with Gasteiger partial charge in [-0.3, -0.25) is 4.79 Å². The van der Waals surface area contributed by atoms with Gasteiger partial charge in [0.1, 0.15) is 29.9 Å². The minimum absolute atomic E-state index is 0.175. The van der Waals surface area contributed by atoms with Crippen molar-refractivity contribution in [1.82, 2.24) is 5.32 Å². The molecule has 2 aromatic carbocycles. The van der Waals surface area contributed by atoms with Crippen molar-refractivity contribution >= 4 is 5.91 Å². The molecule has 1 heterocycles. The third-order valence-electron chi connectivity index (χ3n) is 5.53. The number of hydrogen-bond acceptors (Lipinski definition) is 6. The molecule has 0 spiro atoms. The summed E-state index contributed by atoms with van der Waals surface area (Å²) < 4.78 is 55.3. The van der Waals surface area contributed by atoms with E-state index in [1.165, 1.54) is 32.9 Å². The number of aliphatic hydroxyl groups is 2. The van der Waals surface area contributed by atoms with E-state index >= 15 is 0 Å². The summed E-state index contributed by atoms with van der Waals surface area (Å²) in [4.78, 5) is 11.2. The molecule has 186 valence electrons. The van der Waals surface area contributed by atoms with Crippen LogP contribution in [-0.2, 0) is 20.7 Å². The van der Waals surface area contributed by atoms with Crippen LogP contribution in [0, 0.1) is 5.82 Å². The molecule has 2 aromatic rings. The third-order valence-corrected chi connectivity index (χ3v) is 5.53. The van der Waals surface area contributed by atoms with Gasteiger partial charge < -0.3 is 29.7 Å². The highest BCUT2D eigenvalue weighted by Gasteiger charge is 2.51. The topological polar surface area (TPSA) is 97.3 Å². The number of nitrogens with one attached hydrogen (secondary N) is 1. The fraction of sp³-hybridized carbons (Fsp3) is 0.458. The van der Waals surface area contributed by atoms with E-state index in [0.717, 1.165) is 5.56 Å². The lowest BCUT2D eigenvalue weighted by molar-refractivity contribution is -0.334. The van der Waals surface area contributed by atoms with Crippen molar-refractivity contribution in [2.75, 3.05) is 6.54 Å². The number of benzene rings is 2. The summed E-state index contributed by atoms with van der Waals surface area (Å²) in [6, 6.07) is 10.9. The number of halogens is 3. The summed E-state index contributed by atoms with van der Waals surface area (Å²) in [5.41, 5.74) is 0.608. The Morgan fingerprint density at radius 1 is 1.18 bits per heavy atom. The highest BCUT2D eigenvalue weighted by Crippen LogP contribution is 2.35. The van der Waals surface area contributed by atoms with Gasteiger partial charge in [-0.15, -0.1) is 0 Å². The van der Waals surface area contributed by atoms with Crippen molar-refractivity contribution in [3.05, 3.63) is 53.8 Å². The molecule has 1 fully saturated rings. The zero-order chi connectivity index (χ0) is 25.0. The molecule has 1 saturated heterocycles. The molecule has 0 radical (unpaired) electrons. The number of hydrogen-bond donors (Lipinski definition) is 3. The van der Waals surface area contributed by atoms with E-state index in [-0.39, 0.29) is 11.7 Å². The molecule has 1 aliphatic rings. The zero-order valence-electron chi connectivity index (χ0n) is 19.0. The number of carbonyl (C=O) groups is 1. The summed E-state index contributed by atoms with van der Waals surface area (Å²) in [6.45, 7) is 1.50. The third kappa shape index (κ3) is 6.26. The Bertz CT molecular complexity index is 1000. The van der Waals surface area contributed by atoms with E-state index in [9.17, 15) is 28.2 Å². The lowest BCUT2D eigenvalue weighted by Crippen LogP contribution is -2.64. The van der Waals surface area contributed by atoms with E-state index < -0.39 is 42.6 Å². The normalized spacial score (nSPS) is 24.1. The number of amides is 1. The molecule has 4 atom stereocenters. The van der Waals surface area contributed by atoms with Gasteiger partial charge in [-0.05, 0) is 61.2 Å². The molecule has 10 heteroatoms. The number of aliphatic hydroxyl groups excluding tert-OH is 2. The maximum Gasteiger partial charge on any atom is 0.345 e. The Morgan fingerprint density at radius 2 is 1.91 bits per heavy atom. The molecule has 0 aliphatic carbocycles. The second kappa shape index (κ2) is 10.7. The Kier molecular flexibility index (Phi) is 8.19. The van der Waals surface area contributed by atoms with Crippen LogP contribution in [0.2, 0.25) is 0 Å². The first-order chi connectivity index (χ1) is 16.0. The number of ether oxygens (including phenoxy) is 3. The fourth-order valence-electron chi connectivity index (χ4n) is 3.92. The van der Waals surface area contributed by atoms with Gasteiger partial charge >= 0.3 is 6.61 Å². The predicted octanol–water partition coefficient (Wildman–Crippen LogP) is 3.01. The molecular formula is C24H28F3NO6. The smallest absolute Gasteiger partial charge is 0.345 e. The van der Waals surface area contributed by atoms with Gasteiger partial charge in [-0.2, -0.15) is 8.78 Å². The minimum atomic E-state index is -3.16. The Morgan fingerprint density at radius 3 is 2.56 bits per heavy atom. The summed E-state index contributed by atoms with van der Waals surface area (Å²) in [6.07, 6.45) is -5.77. The number of alkyl halides is 2. The summed E-state index contributed by atoms with van der Waals surface area (Å²) >= 11 is 0. The van der Waals surface area contributed by atoms with E-state index in [1.54, 1.807) is 30.3 Å². The highest BCUT2D eigenvalue weighted by molar-refractivity contribution is 5.73. The second-order valence-corrected chi connectivity index (χ2v) is 8.57. The highest BCUT2D eigenvalue weighted by atomic mass is 19.3. The van der Waals surface area contributed by atoms with Crippen LogP contribution in [-0.4, -0.2) is 59.5 Å². The summed E-state index contributed by atoms with van der Waals surface area (Å²) in [5, 5.41) is 23.5. The first-order valence-corrected chi connectivity index (χ1v) is 10.8. The average Bonchev–Trinajstić information content (AvgIpc) is 2.75. The fourth-order valence-corrected chi connectivity index (χ4v) is 3.92. The average molecular weight is 483 g/mol. The van der Waals surface area contributed by atoms with Crippen molar-refractivity contribution in [3.63, 3.8) is 0 Å². The van der Waals surface area contributed by atoms with E-state index in [1.807, 2.05) is 0 Å². The summed E-state index contributed by atoms with van der Waals surface area (Å²) in [5.74, 6) is -0.369. The number of carbonyl (C=O) groups excluding carboxylic acids is 1. The van der Waals surface area contributed by atoms with Crippen molar-refractivity contribution < 1.29 is 42.4 Å². The quantitative estimate of drug-likeness (QED) is 0.534. The molecular weight excluding hydrogens is 455 g/mol. The van der Waals surface area contributed by atoms with Gasteiger partial charge in [0.05, 0.1) is 5.60 Å². The van der Waals surface area contributed by atoms with Gasteiger partial charge in [0.2, 0.25) is 12.2 Å². The monoisotopic (exact) mass is 483 g/mol. The predicted molar refractivity (Wildman–Crippen MR) is 117 cm³/mol. The molecule has 0 unspecified atom stereocenters. The Balaban J connectivity index is 1.87. The van der Waals surface area contributed by atoms with Crippen molar-refractivity contribution in [3.8, 4) is 16.9 Å². The first kappa shape index (κ1) is 26.0. The van der Waals surface area contributed by atoms with Crippen molar-refractivity contribution in [2.45, 2.75) is 64.0 Å². The van der Waals surface area contributed by atoms with E-state index in [0.29, 0.717) is 24.1 Å². The molecule has 0 bridgehead atoms. The standard InChI is InChI=1S/C24H28F3NO6/c1-13(29)28-10-9-14-7-8-17(12-18(14)15-5-4-6-16(25)11-15)32-22-20(31)19(30)21(33-23(26)27)24(2,3)34-22/h4-8,11-12,19-23,30-31H,9-10H2,1-3H3,(H,28,29)/t19-,20+,21+,22+/m0/s1. The van der Waals surface area contributed by atoms with Gasteiger partial charge in [0.15, 0.2) is 0 Å². The molecule has 0 saturated carbocycles. The molecule has 1 amide bonds. The van der Waals surface area contributed by atoms with E-state index in [4.69, 9.17) is 9.47 Å². The lowest BCUT2D eigenvalue weighted by Gasteiger charge is -2.46. The van der Waals surface area contributed by atoms with Crippen LogP contribution in [0.15, 0.2) is 42.5 Å². The Hall–Kier alpha value is -2.66.